The number of benzene rings is 2. The molecule has 1 heterocycles. The number of rotatable bonds is 8. The van der Waals surface area contributed by atoms with Gasteiger partial charge in [0.15, 0.2) is 23.3 Å². The van der Waals surface area contributed by atoms with Crippen molar-refractivity contribution in [2.24, 2.45) is 10.7 Å². The van der Waals surface area contributed by atoms with Crippen molar-refractivity contribution in [1.82, 2.24) is 4.90 Å². The predicted molar refractivity (Wildman–Crippen MR) is 131 cm³/mol. The van der Waals surface area contributed by atoms with Gasteiger partial charge in [-0.15, -0.1) is 0 Å². The maximum Gasteiger partial charge on any atom is 0.266 e. The summed E-state index contributed by atoms with van der Waals surface area (Å²) in [6.45, 7) is 4.09. The van der Waals surface area contributed by atoms with E-state index in [-0.39, 0.29) is 12.5 Å². The standard InChI is InChI=1S/C23H24BrN3O4S/c1-4-14-6-8-16(9-7-14)26-23-27(3)22(29)19(32-23)12-15-10-17(24)21(31-13-20(25)28)18(11-15)30-5-2/h6-12H,4-5,13H2,1-3H3,(H2,25,28)/b19-12+,26-23?. The van der Waals surface area contributed by atoms with Crippen molar-refractivity contribution < 1.29 is 19.1 Å². The number of carbonyl (C=O) groups excluding carboxylic acids is 2. The van der Waals surface area contributed by atoms with Gasteiger partial charge >= 0.3 is 0 Å². The summed E-state index contributed by atoms with van der Waals surface area (Å²) in [6, 6.07) is 11.5. The number of amidine groups is 1. The number of amides is 2. The van der Waals surface area contributed by atoms with E-state index in [2.05, 4.69) is 27.8 Å². The van der Waals surface area contributed by atoms with Gasteiger partial charge in [0, 0.05) is 7.05 Å². The number of hydrogen-bond donors (Lipinski definition) is 1. The Bertz CT molecular complexity index is 1080. The smallest absolute Gasteiger partial charge is 0.266 e. The highest BCUT2D eigenvalue weighted by Crippen LogP contribution is 2.39. The molecule has 0 saturated carbocycles. The van der Waals surface area contributed by atoms with E-state index in [4.69, 9.17) is 15.2 Å². The number of hydrogen-bond acceptors (Lipinski definition) is 6. The molecule has 0 aliphatic carbocycles. The van der Waals surface area contributed by atoms with Crippen LogP contribution in [0.4, 0.5) is 5.69 Å². The Hall–Kier alpha value is -2.78. The minimum atomic E-state index is -0.585. The van der Waals surface area contributed by atoms with Gasteiger partial charge in [0.2, 0.25) is 0 Å². The molecule has 168 valence electrons. The molecule has 2 aromatic carbocycles. The molecule has 0 bridgehead atoms. The zero-order chi connectivity index (χ0) is 23.3. The molecule has 1 aliphatic rings. The van der Waals surface area contributed by atoms with Crippen molar-refractivity contribution in [3.05, 3.63) is 56.9 Å². The van der Waals surface area contributed by atoms with Crippen molar-refractivity contribution in [2.75, 3.05) is 20.3 Å². The third kappa shape index (κ3) is 5.72. The molecule has 0 spiro atoms. The largest absolute Gasteiger partial charge is 0.490 e. The molecule has 7 nitrogen and oxygen atoms in total. The van der Waals surface area contributed by atoms with E-state index >= 15 is 0 Å². The van der Waals surface area contributed by atoms with E-state index in [9.17, 15) is 9.59 Å². The summed E-state index contributed by atoms with van der Waals surface area (Å²) in [5.74, 6) is 0.108. The lowest BCUT2D eigenvalue weighted by Crippen LogP contribution is -2.23. The second kappa shape index (κ2) is 10.7. The number of likely N-dealkylation sites (N-methyl/N-ethyl adjacent to an activating group) is 1. The minimum absolute atomic E-state index is 0.137. The topological polar surface area (TPSA) is 94.2 Å². The van der Waals surface area contributed by atoms with Crippen molar-refractivity contribution in [3.63, 3.8) is 0 Å². The second-order valence-corrected chi connectivity index (χ2v) is 8.77. The number of carbonyl (C=O) groups is 2. The molecule has 2 amide bonds. The van der Waals surface area contributed by atoms with E-state index in [1.54, 1.807) is 25.3 Å². The van der Waals surface area contributed by atoms with Gasteiger partial charge in [-0.25, -0.2) is 4.99 Å². The average molecular weight is 518 g/mol. The summed E-state index contributed by atoms with van der Waals surface area (Å²) in [4.78, 5) is 30.6. The van der Waals surface area contributed by atoms with Crippen LogP contribution in [0, 0.1) is 0 Å². The normalized spacial score (nSPS) is 16.1. The van der Waals surface area contributed by atoms with Crippen molar-refractivity contribution in [2.45, 2.75) is 20.3 Å². The van der Waals surface area contributed by atoms with Gasteiger partial charge in [0.1, 0.15) is 0 Å². The molecule has 0 radical (unpaired) electrons. The van der Waals surface area contributed by atoms with Crippen molar-refractivity contribution in [3.8, 4) is 11.5 Å². The Labute approximate surface area is 199 Å². The van der Waals surface area contributed by atoms with Crippen LogP contribution < -0.4 is 15.2 Å². The molecule has 0 unspecified atom stereocenters. The van der Waals surface area contributed by atoms with Gasteiger partial charge in [0.05, 0.1) is 21.7 Å². The third-order valence-electron chi connectivity index (χ3n) is 4.56. The van der Waals surface area contributed by atoms with Gasteiger partial charge in [0.25, 0.3) is 11.8 Å². The molecular formula is C23H24BrN3O4S. The lowest BCUT2D eigenvalue weighted by atomic mass is 10.1. The summed E-state index contributed by atoms with van der Waals surface area (Å²) in [5.41, 5.74) is 7.95. The van der Waals surface area contributed by atoms with Crippen LogP contribution in [0.3, 0.4) is 0 Å². The summed E-state index contributed by atoms with van der Waals surface area (Å²) in [7, 11) is 1.71. The monoisotopic (exact) mass is 517 g/mol. The fourth-order valence-electron chi connectivity index (χ4n) is 2.94. The molecule has 0 aromatic heterocycles. The van der Waals surface area contributed by atoms with Crippen LogP contribution in [0.1, 0.15) is 25.0 Å². The molecule has 2 aromatic rings. The number of aryl methyl sites for hydroxylation is 1. The van der Waals surface area contributed by atoms with Crippen LogP contribution in [0.15, 0.2) is 50.8 Å². The van der Waals surface area contributed by atoms with E-state index in [1.165, 1.54) is 22.2 Å². The van der Waals surface area contributed by atoms with Crippen LogP contribution >= 0.6 is 27.7 Å². The average Bonchev–Trinajstić information content (AvgIpc) is 3.01. The quantitative estimate of drug-likeness (QED) is 0.519. The number of nitrogens with two attached hydrogens (primary N) is 1. The Morgan fingerprint density at radius 3 is 2.56 bits per heavy atom. The van der Waals surface area contributed by atoms with E-state index in [1.807, 2.05) is 31.2 Å². The highest BCUT2D eigenvalue weighted by atomic mass is 79.9. The van der Waals surface area contributed by atoms with E-state index < -0.39 is 5.91 Å². The number of halogens is 1. The first kappa shape index (κ1) is 23.9. The first-order valence-corrected chi connectivity index (χ1v) is 11.7. The molecule has 9 heteroatoms. The molecule has 1 fully saturated rings. The fourth-order valence-corrected chi connectivity index (χ4v) is 4.50. The third-order valence-corrected chi connectivity index (χ3v) is 6.21. The number of primary amides is 1. The number of nitrogens with zero attached hydrogens (tertiary/aromatic N) is 2. The first-order valence-electron chi connectivity index (χ1n) is 10.0. The molecule has 0 atom stereocenters. The van der Waals surface area contributed by atoms with Gasteiger partial charge in [-0.3, -0.25) is 14.5 Å². The molecule has 32 heavy (non-hydrogen) atoms. The van der Waals surface area contributed by atoms with E-state index in [0.717, 1.165) is 17.7 Å². The fraction of sp³-hybridized carbons (Fsp3) is 0.261. The summed E-state index contributed by atoms with van der Waals surface area (Å²) >= 11 is 4.76. The van der Waals surface area contributed by atoms with Gasteiger partial charge in [-0.05, 0) is 82.5 Å². The van der Waals surface area contributed by atoms with Gasteiger partial charge in [-0.1, -0.05) is 19.1 Å². The number of ether oxygens (including phenoxy) is 2. The first-order chi connectivity index (χ1) is 15.3. The van der Waals surface area contributed by atoms with Crippen LogP contribution in [0.25, 0.3) is 6.08 Å². The van der Waals surface area contributed by atoms with Crippen LogP contribution in [-0.4, -0.2) is 42.1 Å². The predicted octanol–water partition coefficient (Wildman–Crippen LogP) is 4.51. The van der Waals surface area contributed by atoms with Crippen LogP contribution in [0.2, 0.25) is 0 Å². The number of aliphatic imine (C=N–C) groups is 1. The maximum atomic E-state index is 12.8. The highest BCUT2D eigenvalue weighted by Gasteiger charge is 2.30. The molecule has 1 saturated heterocycles. The SMILES string of the molecule is CCOc1cc(/C=C2/SC(=Nc3ccc(CC)cc3)N(C)C2=O)cc(Br)c1OCC(N)=O. The van der Waals surface area contributed by atoms with Gasteiger partial charge in [-0.2, -0.15) is 0 Å². The Kier molecular flexibility index (Phi) is 7.98. The Balaban J connectivity index is 1.89. The summed E-state index contributed by atoms with van der Waals surface area (Å²) in [5, 5.41) is 0.607. The molecule has 2 N–H and O–H groups in total. The van der Waals surface area contributed by atoms with Crippen LogP contribution in [0.5, 0.6) is 11.5 Å². The van der Waals surface area contributed by atoms with E-state index in [0.29, 0.717) is 32.7 Å². The second-order valence-electron chi connectivity index (χ2n) is 6.91. The highest BCUT2D eigenvalue weighted by molar-refractivity contribution is 9.10. The number of thioether (sulfide) groups is 1. The van der Waals surface area contributed by atoms with Crippen molar-refractivity contribution in [1.29, 1.82) is 0 Å². The minimum Gasteiger partial charge on any atom is -0.490 e. The Morgan fingerprint density at radius 1 is 1.22 bits per heavy atom. The lowest BCUT2D eigenvalue weighted by Gasteiger charge is -2.14. The molecular weight excluding hydrogens is 494 g/mol. The molecule has 3 rings (SSSR count). The van der Waals surface area contributed by atoms with Gasteiger partial charge < -0.3 is 15.2 Å². The lowest BCUT2D eigenvalue weighted by molar-refractivity contribution is -0.121. The molecule has 1 aliphatic heterocycles. The zero-order valence-electron chi connectivity index (χ0n) is 18.1. The summed E-state index contributed by atoms with van der Waals surface area (Å²) in [6.07, 6.45) is 2.74. The Morgan fingerprint density at radius 2 is 1.94 bits per heavy atom. The summed E-state index contributed by atoms with van der Waals surface area (Å²) < 4.78 is 11.7. The van der Waals surface area contributed by atoms with Crippen molar-refractivity contribution >= 4 is 56.4 Å². The zero-order valence-corrected chi connectivity index (χ0v) is 20.5. The maximum absolute atomic E-state index is 12.8. The van der Waals surface area contributed by atoms with Crippen LogP contribution in [-0.2, 0) is 16.0 Å².